The summed E-state index contributed by atoms with van der Waals surface area (Å²) >= 11 is 0. The summed E-state index contributed by atoms with van der Waals surface area (Å²) in [5, 5.41) is 3.35. The van der Waals surface area contributed by atoms with Crippen molar-refractivity contribution in [1.82, 2.24) is 9.97 Å². The van der Waals surface area contributed by atoms with Crippen LogP contribution in [0.3, 0.4) is 0 Å². The number of fused-ring (bicyclic) bond motifs is 1. The van der Waals surface area contributed by atoms with Crippen LogP contribution in [-0.4, -0.2) is 28.8 Å². The standard InChI is InChI=1S/C22H24FN5O/c23-14-8-3-2-7-13(14)17-18-15(9-6-10-16(18)29)25-21-19(17)20(24)26-22(27-21)28-11-4-1-5-12-28/h2-3,7-8,17H,1,4-6,9-12H2,(H3,24,25,26,27). The zero-order valence-corrected chi connectivity index (χ0v) is 16.2. The van der Waals surface area contributed by atoms with Crippen LogP contribution < -0.4 is 16.0 Å². The molecule has 1 fully saturated rings. The van der Waals surface area contributed by atoms with Crippen molar-refractivity contribution in [2.45, 2.75) is 44.4 Å². The first-order valence-corrected chi connectivity index (χ1v) is 10.3. The number of ketones is 1. The van der Waals surface area contributed by atoms with Crippen molar-refractivity contribution >= 4 is 23.4 Å². The number of hydrogen-bond donors (Lipinski definition) is 2. The molecule has 1 aliphatic carbocycles. The molecule has 3 aliphatic rings. The van der Waals surface area contributed by atoms with Gasteiger partial charge in [-0.1, -0.05) is 18.2 Å². The van der Waals surface area contributed by atoms with Crippen molar-refractivity contribution in [3.05, 3.63) is 52.5 Å². The number of allylic oxidation sites excluding steroid dienone is 2. The third kappa shape index (κ3) is 3.05. The minimum Gasteiger partial charge on any atom is -0.383 e. The van der Waals surface area contributed by atoms with Gasteiger partial charge in [-0.25, -0.2) is 4.39 Å². The molecular weight excluding hydrogens is 369 g/mol. The summed E-state index contributed by atoms with van der Waals surface area (Å²) in [6, 6.07) is 6.58. The van der Waals surface area contributed by atoms with Gasteiger partial charge >= 0.3 is 0 Å². The normalized spacial score (nSPS) is 21.5. The second kappa shape index (κ2) is 7.13. The molecule has 1 atom stereocenters. The quantitative estimate of drug-likeness (QED) is 0.808. The van der Waals surface area contributed by atoms with Crippen LogP contribution in [0.15, 0.2) is 35.5 Å². The Balaban J connectivity index is 1.68. The lowest BCUT2D eigenvalue weighted by molar-refractivity contribution is -0.116. The average molecular weight is 393 g/mol. The van der Waals surface area contributed by atoms with Crippen molar-refractivity contribution in [1.29, 1.82) is 0 Å². The summed E-state index contributed by atoms with van der Waals surface area (Å²) in [6.07, 6.45) is 5.42. The minimum absolute atomic E-state index is 0.0390. The molecule has 1 unspecified atom stereocenters. The smallest absolute Gasteiger partial charge is 0.229 e. The van der Waals surface area contributed by atoms with E-state index in [9.17, 15) is 9.18 Å². The maximum Gasteiger partial charge on any atom is 0.229 e. The minimum atomic E-state index is -0.578. The number of nitrogen functional groups attached to an aromatic ring is 1. The van der Waals surface area contributed by atoms with Gasteiger partial charge in [0.25, 0.3) is 0 Å². The lowest BCUT2D eigenvalue weighted by atomic mass is 9.76. The molecule has 150 valence electrons. The summed E-state index contributed by atoms with van der Waals surface area (Å²) in [5.74, 6) is 0.617. The number of hydrogen-bond acceptors (Lipinski definition) is 6. The largest absolute Gasteiger partial charge is 0.383 e. The number of nitrogens with zero attached hydrogens (tertiary/aromatic N) is 3. The number of benzene rings is 1. The maximum atomic E-state index is 14.8. The van der Waals surface area contributed by atoms with Gasteiger partial charge in [-0.3, -0.25) is 4.79 Å². The van der Waals surface area contributed by atoms with E-state index in [1.807, 2.05) is 0 Å². The van der Waals surface area contributed by atoms with E-state index in [-0.39, 0.29) is 11.6 Å². The van der Waals surface area contributed by atoms with Crippen LogP contribution in [0, 0.1) is 5.82 Å². The van der Waals surface area contributed by atoms with Crippen molar-refractivity contribution in [3.63, 3.8) is 0 Å². The van der Waals surface area contributed by atoms with Gasteiger partial charge in [0.1, 0.15) is 17.5 Å². The second-order valence-corrected chi connectivity index (χ2v) is 7.97. The van der Waals surface area contributed by atoms with Crippen LogP contribution in [0.1, 0.15) is 55.6 Å². The first-order chi connectivity index (χ1) is 14.1. The Hall–Kier alpha value is -2.96. The molecule has 29 heavy (non-hydrogen) atoms. The van der Waals surface area contributed by atoms with Gasteiger partial charge < -0.3 is 16.0 Å². The van der Waals surface area contributed by atoms with Crippen molar-refractivity contribution in [3.8, 4) is 0 Å². The van der Waals surface area contributed by atoms with Crippen LogP contribution in [0.2, 0.25) is 0 Å². The molecule has 3 N–H and O–H groups in total. The molecular formula is C22H24FN5O. The molecule has 2 aliphatic heterocycles. The van der Waals surface area contributed by atoms with Crippen molar-refractivity contribution < 1.29 is 9.18 Å². The number of carbonyl (C=O) groups excluding carboxylic acids is 1. The second-order valence-electron chi connectivity index (χ2n) is 7.97. The Bertz CT molecular complexity index is 1010. The van der Waals surface area contributed by atoms with E-state index in [2.05, 4.69) is 15.2 Å². The van der Waals surface area contributed by atoms with Gasteiger partial charge in [0.05, 0.1) is 0 Å². The third-order valence-corrected chi connectivity index (χ3v) is 6.12. The molecule has 1 aromatic carbocycles. The predicted octanol–water partition coefficient (Wildman–Crippen LogP) is 3.75. The number of carbonyl (C=O) groups is 1. The summed E-state index contributed by atoms with van der Waals surface area (Å²) in [4.78, 5) is 24.3. The van der Waals surface area contributed by atoms with E-state index in [1.54, 1.807) is 18.2 Å². The number of anilines is 3. The van der Waals surface area contributed by atoms with E-state index >= 15 is 0 Å². The Morgan fingerprint density at radius 3 is 2.66 bits per heavy atom. The number of aromatic nitrogens is 2. The van der Waals surface area contributed by atoms with Crippen molar-refractivity contribution in [2.24, 2.45) is 0 Å². The van der Waals surface area contributed by atoms with Crippen LogP contribution >= 0.6 is 0 Å². The lowest BCUT2D eigenvalue weighted by Gasteiger charge is -2.35. The number of rotatable bonds is 2. The van der Waals surface area contributed by atoms with Gasteiger partial charge in [0, 0.05) is 47.8 Å². The van der Waals surface area contributed by atoms with Gasteiger partial charge in [-0.15, -0.1) is 0 Å². The zero-order chi connectivity index (χ0) is 20.0. The SMILES string of the molecule is Nc1nc(N2CCCCC2)nc2c1C(c1ccccc1F)C1=C(CCCC1=O)N2. The van der Waals surface area contributed by atoms with E-state index in [1.165, 1.54) is 12.5 Å². The third-order valence-electron chi connectivity index (χ3n) is 6.12. The van der Waals surface area contributed by atoms with Crippen LogP contribution in [0.25, 0.3) is 0 Å². The molecule has 0 bridgehead atoms. The summed E-state index contributed by atoms with van der Waals surface area (Å²) in [6.45, 7) is 1.81. The Morgan fingerprint density at radius 2 is 1.86 bits per heavy atom. The first kappa shape index (κ1) is 18.1. The van der Waals surface area contributed by atoms with E-state index in [0.29, 0.717) is 40.7 Å². The van der Waals surface area contributed by atoms with Crippen molar-refractivity contribution in [2.75, 3.05) is 29.0 Å². The molecule has 7 heteroatoms. The summed E-state index contributed by atoms with van der Waals surface area (Å²) in [7, 11) is 0. The maximum absolute atomic E-state index is 14.8. The van der Waals surface area contributed by atoms with Gasteiger partial charge in [-0.05, 0) is 38.2 Å². The highest BCUT2D eigenvalue weighted by Gasteiger charge is 2.39. The Kier molecular flexibility index (Phi) is 4.45. The fraction of sp³-hybridized carbons (Fsp3) is 0.409. The molecule has 0 saturated carbocycles. The summed E-state index contributed by atoms with van der Waals surface area (Å²) in [5.41, 5.74) is 8.91. The highest BCUT2D eigenvalue weighted by Crippen LogP contribution is 2.47. The zero-order valence-electron chi connectivity index (χ0n) is 16.2. The molecule has 1 saturated heterocycles. The topological polar surface area (TPSA) is 84.1 Å². The predicted molar refractivity (Wildman–Crippen MR) is 110 cm³/mol. The van der Waals surface area contributed by atoms with E-state index in [0.717, 1.165) is 44.5 Å². The molecule has 6 nitrogen and oxygen atoms in total. The molecule has 3 heterocycles. The van der Waals surface area contributed by atoms with Crippen LogP contribution in [0.5, 0.6) is 0 Å². The van der Waals surface area contributed by atoms with Gasteiger partial charge in [0.2, 0.25) is 5.95 Å². The van der Waals surface area contributed by atoms with Crippen LogP contribution in [-0.2, 0) is 4.79 Å². The molecule has 0 radical (unpaired) electrons. The highest BCUT2D eigenvalue weighted by molar-refractivity contribution is 6.01. The number of piperidine rings is 1. The Morgan fingerprint density at radius 1 is 1.07 bits per heavy atom. The fourth-order valence-electron chi connectivity index (χ4n) is 4.73. The number of nitrogens with one attached hydrogen (secondary N) is 1. The average Bonchev–Trinajstić information content (AvgIpc) is 2.73. The Labute approximate surface area is 169 Å². The molecule has 0 amide bonds. The van der Waals surface area contributed by atoms with Gasteiger partial charge in [0.15, 0.2) is 5.78 Å². The number of halogens is 1. The molecule has 2 aromatic rings. The van der Waals surface area contributed by atoms with Gasteiger partial charge in [-0.2, -0.15) is 9.97 Å². The lowest BCUT2D eigenvalue weighted by Crippen LogP contribution is -2.33. The van der Waals surface area contributed by atoms with Crippen LogP contribution in [0.4, 0.5) is 22.0 Å². The van der Waals surface area contributed by atoms with E-state index < -0.39 is 5.92 Å². The number of nitrogens with two attached hydrogens (primary N) is 1. The first-order valence-electron chi connectivity index (χ1n) is 10.3. The molecule has 1 aromatic heterocycles. The monoisotopic (exact) mass is 393 g/mol. The summed E-state index contributed by atoms with van der Waals surface area (Å²) < 4.78 is 14.8. The molecule has 5 rings (SSSR count). The highest BCUT2D eigenvalue weighted by atomic mass is 19.1. The molecule has 0 spiro atoms. The van der Waals surface area contributed by atoms with E-state index in [4.69, 9.17) is 10.7 Å². The number of Topliss-reactive ketones (excluding diaryl/α,β-unsaturated/α-hetero) is 1. The fourth-order valence-corrected chi connectivity index (χ4v) is 4.73.